The third-order valence-electron chi connectivity index (χ3n) is 4.16. The Kier molecular flexibility index (Phi) is 9.61. The Balaban J connectivity index is 0.00000338. The van der Waals surface area contributed by atoms with Gasteiger partial charge in [-0.15, -0.1) is 24.0 Å². The van der Waals surface area contributed by atoms with Crippen LogP contribution in [0.3, 0.4) is 0 Å². The number of aromatic nitrogens is 2. The van der Waals surface area contributed by atoms with Gasteiger partial charge in [-0.3, -0.25) is 9.89 Å². The SMILES string of the molecule is CN=C(NCCC1CCN(CC(F)(F)F)CC1)NCc1noc(C)n1.I. The van der Waals surface area contributed by atoms with Crippen LogP contribution in [0.2, 0.25) is 0 Å². The smallest absolute Gasteiger partial charge is 0.356 e. The van der Waals surface area contributed by atoms with Gasteiger partial charge in [0.2, 0.25) is 5.89 Å². The molecule has 0 saturated carbocycles. The van der Waals surface area contributed by atoms with Crippen molar-refractivity contribution in [3.05, 3.63) is 11.7 Å². The lowest BCUT2D eigenvalue weighted by atomic mass is 9.93. The summed E-state index contributed by atoms with van der Waals surface area (Å²) in [6.07, 6.45) is -1.61. The number of piperidine rings is 1. The summed E-state index contributed by atoms with van der Waals surface area (Å²) < 4.78 is 42.0. The Morgan fingerprint density at radius 3 is 2.54 bits per heavy atom. The number of rotatable bonds is 6. The number of halogens is 4. The van der Waals surface area contributed by atoms with Gasteiger partial charge in [0.05, 0.1) is 13.1 Å². The van der Waals surface area contributed by atoms with Crippen LogP contribution in [-0.2, 0) is 6.54 Å². The molecular formula is C15H26F3IN6O. The summed E-state index contributed by atoms with van der Waals surface area (Å²) in [7, 11) is 1.67. The number of aliphatic imine (C=N–C) groups is 1. The van der Waals surface area contributed by atoms with Crippen LogP contribution in [0.5, 0.6) is 0 Å². The average molecular weight is 490 g/mol. The van der Waals surface area contributed by atoms with Gasteiger partial charge in [-0.2, -0.15) is 18.2 Å². The minimum atomic E-state index is -4.11. The lowest BCUT2D eigenvalue weighted by Gasteiger charge is -2.32. The van der Waals surface area contributed by atoms with E-state index < -0.39 is 12.7 Å². The summed E-state index contributed by atoms with van der Waals surface area (Å²) in [5.74, 6) is 2.14. The zero-order chi connectivity index (χ0) is 18.3. The van der Waals surface area contributed by atoms with Crippen LogP contribution < -0.4 is 10.6 Å². The molecule has 0 aliphatic carbocycles. The summed E-state index contributed by atoms with van der Waals surface area (Å²) in [6.45, 7) is 3.07. The van der Waals surface area contributed by atoms with E-state index >= 15 is 0 Å². The van der Waals surface area contributed by atoms with E-state index in [0.29, 0.717) is 43.2 Å². The Morgan fingerprint density at radius 2 is 2.00 bits per heavy atom. The van der Waals surface area contributed by atoms with Crippen molar-refractivity contribution in [2.45, 2.75) is 38.9 Å². The maximum atomic E-state index is 12.4. The van der Waals surface area contributed by atoms with Gasteiger partial charge in [0, 0.05) is 20.5 Å². The molecule has 0 unspecified atom stereocenters. The van der Waals surface area contributed by atoms with Crippen LogP contribution >= 0.6 is 24.0 Å². The first-order valence-corrected chi connectivity index (χ1v) is 8.38. The number of hydrogen-bond donors (Lipinski definition) is 2. The first-order valence-electron chi connectivity index (χ1n) is 8.38. The standard InChI is InChI=1S/C15H25F3N6O.HI/c1-11-22-13(23-25-11)9-21-14(19-2)20-6-3-12-4-7-24(8-5-12)10-15(16,17)18;/h12H,3-10H2,1-2H3,(H2,19,20,21);1H. The van der Waals surface area contributed by atoms with Crippen LogP contribution in [0.25, 0.3) is 0 Å². The second-order valence-corrected chi connectivity index (χ2v) is 6.21. The van der Waals surface area contributed by atoms with Crippen molar-refractivity contribution in [2.75, 3.05) is 33.2 Å². The molecule has 2 heterocycles. The first kappa shape index (κ1) is 22.9. The molecule has 1 saturated heterocycles. The molecule has 1 fully saturated rings. The number of guanidine groups is 1. The molecule has 11 heteroatoms. The number of alkyl halides is 3. The molecule has 7 nitrogen and oxygen atoms in total. The fraction of sp³-hybridized carbons (Fsp3) is 0.800. The normalized spacial score (nSPS) is 17.0. The Hall–Kier alpha value is -1.11. The second-order valence-electron chi connectivity index (χ2n) is 6.21. The summed E-state index contributed by atoms with van der Waals surface area (Å²) in [6, 6.07) is 0. The van der Waals surface area contributed by atoms with E-state index in [9.17, 15) is 13.2 Å². The van der Waals surface area contributed by atoms with Crippen molar-refractivity contribution < 1.29 is 17.7 Å². The van der Waals surface area contributed by atoms with E-state index in [4.69, 9.17) is 4.52 Å². The minimum absolute atomic E-state index is 0. The zero-order valence-electron chi connectivity index (χ0n) is 15.0. The van der Waals surface area contributed by atoms with Crippen LogP contribution in [-0.4, -0.2) is 60.4 Å². The number of likely N-dealkylation sites (tertiary alicyclic amines) is 1. The molecule has 2 rings (SSSR count). The number of nitrogens with zero attached hydrogens (tertiary/aromatic N) is 4. The quantitative estimate of drug-likeness (QED) is 0.362. The first-order chi connectivity index (χ1) is 11.9. The molecule has 0 aromatic carbocycles. The van der Waals surface area contributed by atoms with Crippen molar-refractivity contribution in [1.29, 1.82) is 0 Å². The molecular weight excluding hydrogens is 464 g/mol. The van der Waals surface area contributed by atoms with Gasteiger partial charge >= 0.3 is 6.18 Å². The Bertz CT molecular complexity index is 558. The third kappa shape index (κ3) is 8.52. The molecule has 0 radical (unpaired) electrons. The topological polar surface area (TPSA) is 78.6 Å². The lowest BCUT2D eigenvalue weighted by Crippen LogP contribution is -2.41. The molecule has 2 N–H and O–H groups in total. The molecule has 1 aromatic rings. The van der Waals surface area contributed by atoms with Crippen LogP contribution in [0, 0.1) is 12.8 Å². The van der Waals surface area contributed by atoms with E-state index in [0.717, 1.165) is 25.8 Å². The van der Waals surface area contributed by atoms with Crippen LogP contribution in [0.15, 0.2) is 9.52 Å². The molecule has 0 atom stereocenters. The van der Waals surface area contributed by atoms with Crippen LogP contribution in [0.1, 0.15) is 31.0 Å². The fourth-order valence-corrected chi connectivity index (χ4v) is 2.88. The number of nitrogens with one attached hydrogen (secondary N) is 2. The van der Waals surface area contributed by atoms with Crippen molar-refractivity contribution >= 4 is 29.9 Å². The monoisotopic (exact) mass is 490 g/mol. The highest BCUT2D eigenvalue weighted by atomic mass is 127. The predicted molar refractivity (Wildman–Crippen MR) is 102 cm³/mol. The Morgan fingerprint density at radius 1 is 1.31 bits per heavy atom. The summed E-state index contributed by atoms with van der Waals surface area (Å²) >= 11 is 0. The Labute approximate surface area is 168 Å². The van der Waals surface area contributed by atoms with E-state index in [2.05, 4.69) is 25.8 Å². The largest absolute Gasteiger partial charge is 0.401 e. The number of aryl methyl sites for hydroxylation is 1. The molecule has 150 valence electrons. The highest BCUT2D eigenvalue weighted by molar-refractivity contribution is 14.0. The number of hydrogen-bond acceptors (Lipinski definition) is 5. The fourth-order valence-electron chi connectivity index (χ4n) is 2.88. The highest BCUT2D eigenvalue weighted by Gasteiger charge is 2.32. The van der Waals surface area contributed by atoms with Gasteiger partial charge in [0.1, 0.15) is 0 Å². The average Bonchev–Trinajstić information content (AvgIpc) is 2.96. The lowest BCUT2D eigenvalue weighted by molar-refractivity contribution is -0.148. The van der Waals surface area contributed by atoms with Crippen molar-refractivity contribution in [3.63, 3.8) is 0 Å². The van der Waals surface area contributed by atoms with Gasteiger partial charge < -0.3 is 15.2 Å². The van der Waals surface area contributed by atoms with Crippen molar-refractivity contribution in [3.8, 4) is 0 Å². The highest BCUT2D eigenvalue weighted by Crippen LogP contribution is 2.23. The molecule has 1 aliphatic rings. The second kappa shape index (κ2) is 10.9. The van der Waals surface area contributed by atoms with Crippen molar-refractivity contribution in [2.24, 2.45) is 10.9 Å². The van der Waals surface area contributed by atoms with E-state index in [-0.39, 0.29) is 24.0 Å². The van der Waals surface area contributed by atoms with Crippen molar-refractivity contribution in [1.82, 2.24) is 25.7 Å². The zero-order valence-corrected chi connectivity index (χ0v) is 17.3. The summed E-state index contributed by atoms with van der Waals surface area (Å²) in [4.78, 5) is 9.70. The van der Waals surface area contributed by atoms with Gasteiger partial charge in [-0.1, -0.05) is 5.16 Å². The predicted octanol–water partition coefficient (Wildman–Crippen LogP) is 2.33. The maximum Gasteiger partial charge on any atom is 0.401 e. The molecule has 26 heavy (non-hydrogen) atoms. The van der Waals surface area contributed by atoms with E-state index in [1.165, 1.54) is 4.90 Å². The minimum Gasteiger partial charge on any atom is -0.356 e. The van der Waals surface area contributed by atoms with Crippen LogP contribution in [0.4, 0.5) is 13.2 Å². The molecule has 0 spiro atoms. The van der Waals surface area contributed by atoms with Gasteiger partial charge in [-0.05, 0) is 38.3 Å². The summed E-state index contributed by atoms with van der Waals surface area (Å²) in [5, 5.41) is 10.1. The molecule has 0 bridgehead atoms. The molecule has 0 amide bonds. The van der Waals surface area contributed by atoms with Gasteiger partial charge in [0.15, 0.2) is 11.8 Å². The van der Waals surface area contributed by atoms with E-state index in [1.54, 1.807) is 14.0 Å². The summed E-state index contributed by atoms with van der Waals surface area (Å²) in [5.41, 5.74) is 0. The van der Waals surface area contributed by atoms with Gasteiger partial charge in [-0.25, -0.2) is 0 Å². The maximum absolute atomic E-state index is 12.4. The molecule has 1 aliphatic heterocycles. The van der Waals surface area contributed by atoms with E-state index in [1.807, 2.05) is 0 Å². The molecule has 1 aromatic heterocycles. The van der Waals surface area contributed by atoms with Gasteiger partial charge in [0.25, 0.3) is 0 Å². The third-order valence-corrected chi connectivity index (χ3v) is 4.16.